The number of anilines is 3. The predicted molar refractivity (Wildman–Crippen MR) is 75.6 cm³/mol. The summed E-state index contributed by atoms with van der Waals surface area (Å²) in [6, 6.07) is 10.6. The molecule has 0 saturated carbocycles. The predicted octanol–water partition coefficient (Wildman–Crippen LogP) is 4.97. The van der Waals surface area contributed by atoms with Gasteiger partial charge in [0.05, 0.1) is 32.1 Å². The molecular formula is C12H9Cl3N2. The standard InChI is InChI=1S/C12H9Cl3N2/c13-7-5-9(15)12(6-8(7)14)17-11-4-2-1-3-10(11)16/h1-6,17H,16H2. The molecule has 2 rings (SSSR count). The molecule has 3 N–H and O–H groups in total. The molecule has 0 heterocycles. The van der Waals surface area contributed by atoms with Crippen LogP contribution in [0.15, 0.2) is 36.4 Å². The van der Waals surface area contributed by atoms with Crippen molar-refractivity contribution in [2.24, 2.45) is 0 Å². The number of nitrogens with two attached hydrogens (primary N) is 1. The molecule has 2 nitrogen and oxygen atoms in total. The summed E-state index contributed by atoms with van der Waals surface area (Å²) in [6.45, 7) is 0. The first kappa shape index (κ1) is 12.4. The lowest BCUT2D eigenvalue weighted by Gasteiger charge is -2.11. The van der Waals surface area contributed by atoms with Crippen molar-refractivity contribution < 1.29 is 0 Å². The molecule has 17 heavy (non-hydrogen) atoms. The van der Waals surface area contributed by atoms with E-state index in [9.17, 15) is 0 Å². The van der Waals surface area contributed by atoms with E-state index < -0.39 is 0 Å². The number of hydrogen-bond acceptors (Lipinski definition) is 2. The van der Waals surface area contributed by atoms with Crippen LogP contribution in [0.2, 0.25) is 15.1 Å². The first-order chi connectivity index (χ1) is 8.08. The van der Waals surface area contributed by atoms with Gasteiger partial charge in [-0.3, -0.25) is 0 Å². The van der Waals surface area contributed by atoms with E-state index in [0.29, 0.717) is 26.4 Å². The third-order valence-electron chi connectivity index (χ3n) is 2.24. The van der Waals surface area contributed by atoms with Gasteiger partial charge >= 0.3 is 0 Å². The fourth-order valence-electron chi connectivity index (χ4n) is 1.37. The molecule has 88 valence electrons. The molecule has 2 aromatic carbocycles. The molecule has 0 aromatic heterocycles. The van der Waals surface area contributed by atoms with Gasteiger partial charge < -0.3 is 11.1 Å². The van der Waals surface area contributed by atoms with Crippen LogP contribution in [-0.2, 0) is 0 Å². The average molecular weight is 288 g/mol. The van der Waals surface area contributed by atoms with E-state index in [1.807, 2.05) is 18.2 Å². The molecule has 0 unspecified atom stereocenters. The quantitative estimate of drug-likeness (QED) is 0.604. The largest absolute Gasteiger partial charge is 0.397 e. The summed E-state index contributed by atoms with van der Waals surface area (Å²) >= 11 is 17.8. The molecule has 0 aliphatic heterocycles. The molecule has 2 aromatic rings. The maximum atomic E-state index is 6.06. The van der Waals surface area contributed by atoms with Crippen LogP contribution in [0.5, 0.6) is 0 Å². The van der Waals surface area contributed by atoms with Crippen LogP contribution < -0.4 is 11.1 Å². The van der Waals surface area contributed by atoms with Crippen molar-refractivity contribution in [3.8, 4) is 0 Å². The topological polar surface area (TPSA) is 38.0 Å². The number of nitrogens with one attached hydrogen (secondary N) is 1. The summed E-state index contributed by atoms with van der Waals surface area (Å²) < 4.78 is 0. The number of nitrogen functional groups attached to an aromatic ring is 1. The number of benzene rings is 2. The Morgan fingerprint density at radius 1 is 0.824 bits per heavy atom. The second-order valence-electron chi connectivity index (χ2n) is 3.46. The van der Waals surface area contributed by atoms with E-state index in [-0.39, 0.29) is 0 Å². The van der Waals surface area contributed by atoms with Gasteiger partial charge in [-0.2, -0.15) is 0 Å². The number of rotatable bonds is 2. The zero-order valence-corrected chi connectivity index (χ0v) is 10.9. The zero-order valence-electron chi connectivity index (χ0n) is 8.68. The Morgan fingerprint density at radius 3 is 2.18 bits per heavy atom. The first-order valence-electron chi connectivity index (χ1n) is 4.84. The molecule has 0 radical (unpaired) electrons. The Kier molecular flexibility index (Phi) is 3.67. The van der Waals surface area contributed by atoms with Crippen LogP contribution in [0.1, 0.15) is 0 Å². The number of hydrogen-bond donors (Lipinski definition) is 2. The Hall–Kier alpha value is -1.09. The number of halogens is 3. The fourth-order valence-corrected chi connectivity index (χ4v) is 1.97. The number of para-hydroxylation sites is 2. The van der Waals surface area contributed by atoms with Gasteiger partial charge in [-0.05, 0) is 24.3 Å². The van der Waals surface area contributed by atoms with Crippen molar-refractivity contribution in [3.63, 3.8) is 0 Å². The maximum absolute atomic E-state index is 6.06. The van der Waals surface area contributed by atoms with Gasteiger partial charge in [-0.15, -0.1) is 0 Å². The second kappa shape index (κ2) is 5.05. The maximum Gasteiger partial charge on any atom is 0.0656 e. The molecule has 0 aliphatic carbocycles. The van der Waals surface area contributed by atoms with Gasteiger partial charge in [0.1, 0.15) is 0 Å². The van der Waals surface area contributed by atoms with Crippen molar-refractivity contribution in [3.05, 3.63) is 51.5 Å². The van der Waals surface area contributed by atoms with Gasteiger partial charge in [0.15, 0.2) is 0 Å². The average Bonchev–Trinajstić information content (AvgIpc) is 2.29. The Bertz CT molecular complexity index is 555. The third kappa shape index (κ3) is 2.78. The summed E-state index contributed by atoms with van der Waals surface area (Å²) in [4.78, 5) is 0. The summed E-state index contributed by atoms with van der Waals surface area (Å²) in [5.74, 6) is 0. The van der Waals surface area contributed by atoms with Gasteiger partial charge in [0.2, 0.25) is 0 Å². The van der Waals surface area contributed by atoms with Crippen LogP contribution in [0.25, 0.3) is 0 Å². The van der Waals surface area contributed by atoms with E-state index in [1.54, 1.807) is 18.2 Å². The Labute approximate surface area is 114 Å². The van der Waals surface area contributed by atoms with E-state index in [4.69, 9.17) is 40.5 Å². The highest BCUT2D eigenvalue weighted by Gasteiger charge is 2.07. The van der Waals surface area contributed by atoms with Crippen LogP contribution in [0.3, 0.4) is 0 Å². The molecule has 0 aliphatic rings. The lowest BCUT2D eigenvalue weighted by molar-refractivity contribution is 1.54. The summed E-state index contributed by atoms with van der Waals surface area (Å²) in [5, 5.41) is 4.45. The molecule has 0 saturated heterocycles. The molecule has 0 atom stereocenters. The third-order valence-corrected chi connectivity index (χ3v) is 3.27. The van der Waals surface area contributed by atoms with Gasteiger partial charge in [-0.1, -0.05) is 46.9 Å². The molecule has 5 heteroatoms. The molecule has 0 fully saturated rings. The summed E-state index contributed by atoms with van der Waals surface area (Å²) in [6.07, 6.45) is 0. The zero-order chi connectivity index (χ0) is 12.4. The van der Waals surface area contributed by atoms with Crippen LogP contribution in [-0.4, -0.2) is 0 Å². The Morgan fingerprint density at radius 2 is 1.47 bits per heavy atom. The lowest BCUT2D eigenvalue weighted by Crippen LogP contribution is -1.96. The van der Waals surface area contributed by atoms with Crippen molar-refractivity contribution in [1.82, 2.24) is 0 Å². The normalized spacial score (nSPS) is 10.3. The van der Waals surface area contributed by atoms with E-state index >= 15 is 0 Å². The summed E-state index contributed by atoms with van der Waals surface area (Å²) in [5.41, 5.74) is 7.89. The smallest absolute Gasteiger partial charge is 0.0656 e. The SMILES string of the molecule is Nc1ccccc1Nc1cc(Cl)c(Cl)cc1Cl. The fraction of sp³-hybridized carbons (Fsp3) is 0. The van der Waals surface area contributed by atoms with Crippen LogP contribution >= 0.6 is 34.8 Å². The second-order valence-corrected chi connectivity index (χ2v) is 4.68. The van der Waals surface area contributed by atoms with Crippen molar-refractivity contribution >= 4 is 51.9 Å². The van der Waals surface area contributed by atoms with Gasteiger partial charge in [0, 0.05) is 0 Å². The van der Waals surface area contributed by atoms with Gasteiger partial charge in [-0.25, -0.2) is 0 Å². The van der Waals surface area contributed by atoms with E-state index in [1.165, 1.54) is 0 Å². The molecule has 0 amide bonds. The molecule has 0 bridgehead atoms. The highest BCUT2D eigenvalue weighted by atomic mass is 35.5. The molecular weight excluding hydrogens is 279 g/mol. The Balaban J connectivity index is 2.37. The van der Waals surface area contributed by atoms with Crippen molar-refractivity contribution in [2.45, 2.75) is 0 Å². The first-order valence-corrected chi connectivity index (χ1v) is 5.97. The summed E-state index contributed by atoms with van der Waals surface area (Å²) in [7, 11) is 0. The van der Waals surface area contributed by atoms with Crippen LogP contribution in [0, 0.1) is 0 Å². The highest BCUT2D eigenvalue weighted by molar-refractivity contribution is 6.44. The van der Waals surface area contributed by atoms with Crippen LogP contribution in [0.4, 0.5) is 17.1 Å². The minimum absolute atomic E-state index is 0.420. The monoisotopic (exact) mass is 286 g/mol. The minimum atomic E-state index is 0.420. The lowest BCUT2D eigenvalue weighted by atomic mass is 10.2. The minimum Gasteiger partial charge on any atom is -0.397 e. The highest BCUT2D eigenvalue weighted by Crippen LogP contribution is 2.34. The van der Waals surface area contributed by atoms with Gasteiger partial charge in [0.25, 0.3) is 0 Å². The molecule has 0 spiro atoms. The van der Waals surface area contributed by atoms with Crippen molar-refractivity contribution in [1.29, 1.82) is 0 Å². The van der Waals surface area contributed by atoms with E-state index in [0.717, 1.165) is 5.69 Å². The van der Waals surface area contributed by atoms with Crippen molar-refractivity contribution in [2.75, 3.05) is 11.1 Å². The van der Waals surface area contributed by atoms with E-state index in [2.05, 4.69) is 5.32 Å².